The molecule has 7 heteroatoms. The van der Waals surface area contributed by atoms with Crippen LogP contribution in [-0.2, 0) is 16.0 Å². The van der Waals surface area contributed by atoms with Crippen LogP contribution in [0.15, 0.2) is 29.6 Å². The van der Waals surface area contributed by atoms with Crippen molar-refractivity contribution in [2.24, 2.45) is 0 Å². The van der Waals surface area contributed by atoms with E-state index in [0.29, 0.717) is 24.5 Å². The van der Waals surface area contributed by atoms with Gasteiger partial charge >= 0.3 is 0 Å². The molecule has 3 rings (SSSR count). The fourth-order valence-corrected chi connectivity index (χ4v) is 4.22. The number of rotatable bonds is 6. The number of benzene rings is 1. The topological polar surface area (TPSA) is 67.9 Å². The van der Waals surface area contributed by atoms with Crippen molar-refractivity contribution in [2.45, 2.75) is 25.8 Å². The summed E-state index contributed by atoms with van der Waals surface area (Å²) in [6.07, 6.45) is 1.09. The summed E-state index contributed by atoms with van der Waals surface area (Å²) in [5, 5.41) is 4.69. The zero-order valence-corrected chi connectivity index (χ0v) is 16.6. The Morgan fingerprint density at radius 1 is 1.26 bits per heavy atom. The molecule has 2 aromatic rings. The average Bonchev–Trinajstić information content (AvgIpc) is 3.23. The van der Waals surface area contributed by atoms with Gasteiger partial charge in [0.15, 0.2) is 11.5 Å². The first-order valence-electron chi connectivity index (χ1n) is 8.93. The molecule has 0 saturated carbocycles. The maximum atomic E-state index is 12.9. The van der Waals surface area contributed by atoms with E-state index in [4.69, 9.17) is 9.47 Å². The monoisotopic (exact) mass is 388 g/mol. The molecular formula is C20H24N2O4S. The molecule has 27 heavy (non-hydrogen) atoms. The van der Waals surface area contributed by atoms with Gasteiger partial charge < -0.3 is 19.7 Å². The molecule has 144 valence electrons. The van der Waals surface area contributed by atoms with Gasteiger partial charge in [-0.2, -0.15) is 0 Å². The smallest absolute Gasteiger partial charge is 0.242 e. The summed E-state index contributed by atoms with van der Waals surface area (Å²) in [6.45, 7) is 2.37. The highest BCUT2D eigenvalue weighted by molar-refractivity contribution is 7.10. The van der Waals surface area contributed by atoms with E-state index in [-0.39, 0.29) is 24.4 Å². The van der Waals surface area contributed by atoms with E-state index in [1.54, 1.807) is 32.5 Å². The second-order valence-corrected chi connectivity index (χ2v) is 7.27. The standard InChI is InChI=1S/C20H24N2O4S/c1-4-18(23)21-12-19(24)22-8-7-13-10-15(25-2)16(26-3)11-14(13)20(22)17-6-5-9-27-17/h5-6,9-11,20H,4,7-8,12H2,1-3H3,(H,21,23)/t20-/m0/s1. The Bertz CT molecular complexity index is 820. The number of ether oxygens (including phenoxy) is 2. The number of nitrogens with zero attached hydrogens (tertiary/aromatic N) is 1. The fourth-order valence-electron chi connectivity index (χ4n) is 3.37. The van der Waals surface area contributed by atoms with Crippen molar-refractivity contribution in [2.75, 3.05) is 27.3 Å². The molecule has 0 bridgehead atoms. The van der Waals surface area contributed by atoms with E-state index in [1.165, 1.54) is 0 Å². The number of fused-ring (bicyclic) bond motifs is 1. The summed E-state index contributed by atoms with van der Waals surface area (Å²) >= 11 is 1.61. The molecule has 6 nitrogen and oxygen atoms in total. The van der Waals surface area contributed by atoms with Crippen molar-refractivity contribution in [1.82, 2.24) is 10.2 Å². The third-order valence-electron chi connectivity index (χ3n) is 4.76. The predicted molar refractivity (Wildman–Crippen MR) is 104 cm³/mol. The van der Waals surface area contributed by atoms with Crippen LogP contribution in [0, 0.1) is 0 Å². The van der Waals surface area contributed by atoms with Crippen molar-refractivity contribution in [3.63, 3.8) is 0 Å². The Morgan fingerprint density at radius 3 is 2.63 bits per heavy atom. The summed E-state index contributed by atoms with van der Waals surface area (Å²) in [5.41, 5.74) is 2.18. The quantitative estimate of drug-likeness (QED) is 0.826. The molecule has 2 amide bonds. The second kappa shape index (κ2) is 8.43. The number of nitrogens with one attached hydrogen (secondary N) is 1. The molecule has 1 N–H and O–H groups in total. The molecule has 1 atom stereocenters. The van der Waals surface area contributed by atoms with E-state index in [1.807, 2.05) is 34.5 Å². The van der Waals surface area contributed by atoms with E-state index in [0.717, 1.165) is 22.4 Å². The normalized spacial score (nSPS) is 15.8. The number of carbonyl (C=O) groups is 2. The third kappa shape index (κ3) is 3.93. The zero-order valence-electron chi connectivity index (χ0n) is 15.8. The molecule has 0 unspecified atom stereocenters. The number of carbonyl (C=O) groups excluding carboxylic acids is 2. The number of thiophene rings is 1. The minimum atomic E-state index is -0.195. The van der Waals surface area contributed by atoms with Crippen molar-refractivity contribution in [3.05, 3.63) is 45.6 Å². The SMILES string of the molecule is CCC(=O)NCC(=O)N1CCc2cc(OC)c(OC)cc2[C@H]1c1cccs1. The van der Waals surface area contributed by atoms with Gasteiger partial charge in [-0.1, -0.05) is 13.0 Å². The summed E-state index contributed by atoms with van der Waals surface area (Å²) in [5.74, 6) is 1.12. The van der Waals surface area contributed by atoms with Crippen LogP contribution in [0.1, 0.15) is 35.4 Å². The van der Waals surface area contributed by atoms with Crippen LogP contribution in [0.2, 0.25) is 0 Å². The number of hydrogen-bond acceptors (Lipinski definition) is 5. The van der Waals surface area contributed by atoms with Crippen LogP contribution in [0.5, 0.6) is 11.5 Å². The van der Waals surface area contributed by atoms with Gasteiger partial charge in [0.05, 0.1) is 26.8 Å². The molecular weight excluding hydrogens is 364 g/mol. The molecule has 2 heterocycles. The molecule has 0 fully saturated rings. The minimum absolute atomic E-state index is 0.0111. The molecule has 0 spiro atoms. The minimum Gasteiger partial charge on any atom is -0.493 e. The number of methoxy groups -OCH3 is 2. The van der Waals surface area contributed by atoms with Gasteiger partial charge in [0.25, 0.3) is 0 Å². The average molecular weight is 388 g/mol. The number of hydrogen-bond donors (Lipinski definition) is 1. The highest BCUT2D eigenvalue weighted by Gasteiger charge is 2.33. The fraction of sp³-hybridized carbons (Fsp3) is 0.400. The molecule has 1 aromatic carbocycles. The van der Waals surface area contributed by atoms with Crippen LogP contribution < -0.4 is 14.8 Å². The first kappa shape index (κ1) is 19.2. The predicted octanol–water partition coefficient (Wildman–Crippen LogP) is 2.77. The number of amides is 2. The van der Waals surface area contributed by atoms with E-state index in [2.05, 4.69) is 5.32 Å². The second-order valence-electron chi connectivity index (χ2n) is 6.29. The maximum Gasteiger partial charge on any atom is 0.242 e. The molecule has 1 aliphatic rings. The Balaban J connectivity index is 1.98. The lowest BCUT2D eigenvalue weighted by atomic mass is 9.90. The van der Waals surface area contributed by atoms with E-state index >= 15 is 0 Å². The van der Waals surface area contributed by atoms with Crippen molar-refractivity contribution in [1.29, 1.82) is 0 Å². The summed E-state index contributed by atoms with van der Waals surface area (Å²) < 4.78 is 10.9. The van der Waals surface area contributed by atoms with Gasteiger partial charge in [0.1, 0.15) is 0 Å². The van der Waals surface area contributed by atoms with Crippen LogP contribution >= 0.6 is 11.3 Å². The Hall–Kier alpha value is -2.54. The third-order valence-corrected chi connectivity index (χ3v) is 5.69. The molecule has 0 saturated heterocycles. The molecule has 1 aliphatic heterocycles. The lowest BCUT2D eigenvalue weighted by Gasteiger charge is -2.37. The Morgan fingerprint density at radius 2 is 2.00 bits per heavy atom. The van der Waals surface area contributed by atoms with Crippen LogP contribution in [0.25, 0.3) is 0 Å². The molecule has 0 aliphatic carbocycles. The van der Waals surface area contributed by atoms with Gasteiger partial charge in [-0.3, -0.25) is 9.59 Å². The van der Waals surface area contributed by atoms with Gasteiger partial charge in [0, 0.05) is 17.8 Å². The summed E-state index contributed by atoms with van der Waals surface area (Å²) in [7, 11) is 3.23. The van der Waals surface area contributed by atoms with Gasteiger partial charge in [-0.25, -0.2) is 0 Å². The largest absolute Gasteiger partial charge is 0.493 e. The first-order chi connectivity index (χ1) is 13.1. The van der Waals surface area contributed by atoms with Crippen LogP contribution in [0.3, 0.4) is 0 Å². The van der Waals surface area contributed by atoms with Crippen LogP contribution in [-0.4, -0.2) is 44.0 Å². The Labute approximate surface area is 163 Å². The zero-order chi connectivity index (χ0) is 19.4. The lowest BCUT2D eigenvalue weighted by Crippen LogP contribution is -2.45. The first-order valence-corrected chi connectivity index (χ1v) is 9.81. The Kier molecular flexibility index (Phi) is 6.01. The summed E-state index contributed by atoms with van der Waals surface area (Å²) in [6, 6.07) is 7.78. The van der Waals surface area contributed by atoms with Crippen LogP contribution in [0.4, 0.5) is 0 Å². The molecule has 1 aromatic heterocycles. The van der Waals surface area contributed by atoms with Crippen molar-refractivity contribution in [3.8, 4) is 11.5 Å². The summed E-state index contributed by atoms with van der Waals surface area (Å²) in [4.78, 5) is 27.3. The highest BCUT2D eigenvalue weighted by Crippen LogP contribution is 2.42. The van der Waals surface area contributed by atoms with Gasteiger partial charge in [-0.05, 0) is 41.1 Å². The maximum absolute atomic E-state index is 12.9. The van der Waals surface area contributed by atoms with Crippen molar-refractivity contribution >= 4 is 23.2 Å². The van der Waals surface area contributed by atoms with Gasteiger partial charge in [0.2, 0.25) is 11.8 Å². The lowest BCUT2D eigenvalue weighted by molar-refractivity contribution is -0.134. The van der Waals surface area contributed by atoms with E-state index in [9.17, 15) is 9.59 Å². The molecule has 0 radical (unpaired) electrons. The van der Waals surface area contributed by atoms with Crippen molar-refractivity contribution < 1.29 is 19.1 Å². The van der Waals surface area contributed by atoms with E-state index < -0.39 is 0 Å². The highest BCUT2D eigenvalue weighted by atomic mass is 32.1. The van der Waals surface area contributed by atoms with Gasteiger partial charge in [-0.15, -0.1) is 11.3 Å².